The van der Waals surface area contributed by atoms with Gasteiger partial charge in [0.25, 0.3) is 0 Å². The summed E-state index contributed by atoms with van der Waals surface area (Å²) in [6, 6.07) is 8.91. The van der Waals surface area contributed by atoms with Crippen LogP contribution in [0.3, 0.4) is 0 Å². The highest BCUT2D eigenvalue weighted by Crippen LogP contribution is 2.24. The van der Waals surface area contributed by atoms with E-state index in [4.69, 9.17) is 0 Å². The topological polar surface area (TPSA) is 20.3 Å². The number of nitrogens with zero attached hydrogens (tertiary/aromatic N) is 1. The molecule has 0 heterocycles. The molecular formula is C19H25NO. The van der Waals surface area contributed by atoms with Gasteiger partial charge in [0.1, 0.15) is 0 Å². The maximum Gasteiger partial charge on any atom is 0.247 e. The highest BCUT2D eigenvalue weighted by Gasteiger charge is 2.17. The zero-order valence-corrected chi connectivity index (χ0v) is 13.5. The lowest BCUT2D eigenvalue weighted by Gasteiger charge is -2.29. The standard InChI is InChI=1S/C19H25NO/c1-14(2)20(15(3)4)19(21)12-10-16-9-11-17-7-5-6-8-18(17)13-16/h5-8,10,12-15H,9,11H2,1-4H3/b12-10+. The van der Waals surface area contributed by atoms with Gasteiger partial charge in [-0.05, 0) is 57.2 Å². The van der Waals surface area contributed by atoms with Gasteiger partial charge in [0.05, 0.1) is 0 Å². The van der Waals surface area contributed by atoms with Crippen molar-refractivity contribution in [2.45, 2.75) is 52.6 Å². The molecule has 0 spiro atoms. The number of amides is 1. The number of rotatable bonds is 4. The van der Waals surface area contributed by atoms with Gasteiger partial charge in [-0.2, -0.15) is 0 Å². The van der Waals surface area contributed by atoms with Crippen LogP contribution in [0.15, 0.2) is 42.0 Å². The lowest BCUT2D eigenvalue weighted by atomic mass is 9.92. The van der Waals surface area contributed by atoms with E-state index >= 15 is 0 Å². The van der Waals surface area contributed by atoms with Crippen molar-refractivity contribution in [3.63, 3.8) is 0 Å². The molecule has 1 aliphatic rings. The van der Waals surface area contributed by atoms with Crippen LogP contribution in [-0.4, -0.2) is 22.9 Å². The first-order valence-corrected chi connectivity index (χ1v) is 7.78. The molecule has 0 radical (unpaired) electrons. The summed E-state index contributed by atoms with van der Waals surface area (Å²) in [6.45, 7) is 8.23. The van der Waals surface area contributed by atoms with E-state index < -0.39 is 0 Å². The average molecular weight is 283 g/mol. The SMILES string of the molecule is CC(C)N(C(=O)/C=C/C1=Cc2ccccc2CC1)C(C)C. The zero-order chi connectivity index (χ0) is 15.4. The summed E-state index contributed by atoms with van der Waals surface area (Å²) in [4.78, 5) is 14.2. The minimum absolute atomic E-state index is 0.0970. The summed E-state index contributed by atoms with van der Waals surface area (Å²) in [6.07, 6.45) is 7.95. The Labute approximate surface area is 128 Å². The largest absolute Gasteiger partial charge is 0.334 e. The number of allylic oxidation sites excluding steroid dienone is 2. The molecule has 1 aromatic carbocycles. The molecule has 0 saturated heterocycles. The van der Waals surface area contributed by atoms with Crippen molar-refractivity contribution in [2.24, 2.45) is 0 Å². The summed E-state index contributed by atoms with van der Waals surface area (Å²) in [5.74, 6) is 0.0970. The third kappa shape index (κ3) is 3.84. The number of benzene rings is 1. The van der Waals surface area contributed by atoms with E-state index in [2.05, 4.69) is 58.0 Å². The van der Waals surface area contributed by atoms with Crippen molar-refractivity contribution >= 4 is 12.0 Å². The second kappa shape index (κ2) is 6.75. The van der Waals surface area contributed by atoms with Gasteiger partial charge >= 0.3 is 0 Å². The Balaban J connectivity index is 2.12. The monoisotopic (exact) mass is 283 g/mol. The Morgan fingerprint density at radius 1 is 1.10 bits per heavy atom. The molecule has 0 N–H and O–H groups in total. The Hall–Kier alpha value is -1.83. The molecule has 1 amide bonds. The molecule has 21 heavy (non-hydrogen) atoms. The fourth-order valence-electron chi connectivity index (χ4n) is 2.95. The van der Waals surface area contributed by atoms with Crippen molar-refractivity contribution in [1.29, 1.82) is 0 Å². The summed E-state index contributed by atoms with van der Waals surface area (Å²) in [7, 11) is 0. The molecular weight excluding hydrogens is 258 g/mol. The van der Waals surface area contributed by atoms with E-state index in [0.29, 0.717) is 0 Å². The van der Waals surface area contributed by atoms with Crippen molar-refractivity contribution in [3.05, 3.63) is 53.1 Å². The highest BCUT2D eigenvalue weighted by molar-refractivity contribution is 5.88. The molecule has 112 valence electrons. The Kier molecular flexibility index (Phi) is 5.00. The first-order valence-electron chi connectivity index (χ1n) is 7.78. The Morgan fingerprint density at radius 3 is 2.43 bits per heavy atom. The van der Waals surface area contributed by atoms with E-state index in [0.717, 1.165) is 12.8 Å². The van der Waals surface area contributed by atoms with Crippen LogP contribution < -0.4 is 0 Å². The Morgan fingerprint density at radius 2 is 1.76 bits per heavy atom. The Bertz CT molecular complexity index is 559. The van der Waals surface area contributed by atoms with Gasteiger partial charge in [0.15, 0.2) is 0 Å². The van der Waals surface area contributed by atoms with E-state index in [1.54, 1.807) is 6.08 Å². The van der Waals surface area contributed by atoms with Gasteiger partial charge in [-0.1, -0.05) is 36.4 Å². The molecule has 2 nitrogen and oxygen atoms in total. The van der Waals surface area contributed by atoms with E-state index in [9.17, 15) is 4.79 Å². The predicted octanol–water partition coefficient (Wildman–Crippen LogP) is 4.22. The fraction of sp³-hybridized carbons (Fsp3) is 0.421. The van der Waals surface area contributed by atoms with Crippen molar-refractivity contribution in [2.75, 3.05) is 0 Å². The molecule has 0 aromatic heterocycles. The summed E-state index contributed by atoms with van der Waals surface area (Å²) >= 11 is 0. The number of carbonyl (C=O) groups is 1. The normalized spacial score (nSPS) is 14.5. The lowest BCUT2D eigenvalue weighted by molar-refractivity contribution is -0.129. The minimum atomic E-state index is 0.0970. The third-order valence-electron chi connectivity index (χ3n) is 3.89. The molecule has 2 heteroatoms. The van der Waals surface area contributed by atoms with Crippen LogP contribution in [0.1, 0.15) is 45.2 Å². The second-order valence-electron chi connectivity index (χ2n) is 6.18. The molecule has 1 aliphatic carbocycles. The molecule has 0 saturated carbocycles. The number of hydrogen-bond acceptors (Lipinski definition) is 1. The summed E-state index contributed by atoms with van der Waals surface area (Å²) < 4.78 is 0. The number of carbonyl (C=O) groups excluding carboxylic acids is 1. The van der Waals surface area contributed by atoms with Crippen LogP contribution in [0.2, 0.25) is 0 Å². The minimum Gasteiger partial charge on any atom is -0.334 e. The maximum absolute atomic E-state index is 12.3. The lowest BCUT2D eigenvalue weighted by Crippen LogP contribution is -2.41. The van der Waals surface area contributed by atoms with Crippen molar-refractivity contribution in [3.8, 4) is 0 Å². The molecule has 1 aromatic rings. The molecule has 0 aliphatic heterocycles. The van der Waals surface area contributed by atoms with E-state index in [1.165, 1.54) is 16.7 Å². The van der Waals surface area contributed by atoms with Crippen LogP contribution in [0.25, 0.3) is 6.08 Å². The van der Waals surface area contributed by atoms with Crippen molar-refractivity contribution in [1.82, 2.24) is 4.90 Å². The number of hydrogen-bond donors (Lipinski definition) is 0. The van der Waals surface area contributed by atoms with Gasteiger partial charge in [0.2, 0.25) is 5.91 Å². The number of fused-ring (bicyclic) bond motifs is 1. The predicted molar refractivity (Wildman–Crippen MR) is 89.0 cm³/mol. The molecule has 0 unspecified atom stereocenters. The van der Waals surface area contributed by atoms with Crippen LogP contribution >= 0.6 is 0 Å². The quantitative estimate of drug-likeness (QED) is 0.758. The highest BCUT2D eigenvalue weighted by atomic mass is 16.2. The van der Waals surface area contributed by atoms with Crippen LogP contribution in [-0.2, 0) is 11.2 Å². The molecule has 0 bridgehead atoms. The molecule has 2 rings (SSSR count). The van der Waals surface area contributed by atoms with Gasteiger partial charge < -0.3 is 4.90 Å². The number of aryl methyl sites for hydroxylation is 1. The zero-order valence-electron chi connectivity index (χ0n) is 13.5. The van der Waals surface area contributed by atoms with Crippen LogP contribution in [0, 0.1) is 0 Å². The van der Waals surface area contributed by atoms with Crippen LogP contribution in [0.5, 0.6) is 0 Å². The van der Waals surface area contributed by atoms with Gasteiger partial charge in [-0.3, -0.25) is 4.79 Å². The van der Waals surface area contributed by atoms with E-state index in [-0.39, 0.29) is 18.0 Å². The molecule has 0 fully saturated rings. The van der Waals surface area contributed by atoms with E-state index in [1.807, 2.05) is 11.0 Å². The van der Waals surface area contributed by atoms with Gasteiger partial charge in [-0.25, -0.2) is 0 Å². The summed E-state index contributed by atoms with van der Waals surface area (Å²) in [5, 5.41) is 0. The summed E-state index contributed by atoms with van der Waals surface area (Å²) in [5.41, 5.74) is 3.90. The van der Waals surface area contributed by atoms with Gasteiger partial charge in [0, 0.05) is 18.2 Å². The van der Waals surface area contributed by atoms with Crippen LogP contribution in [0.4, 0.5) is 0 Å². The maximum atomic E-state index is 12.3. The first-order chi connectivity index (χ1) is 9.99. The second-order valence-corrected chi connectivity index (χ2v) is 6.18. The first kappa shape index (κ1) is 15.6. The third-order valence-corrected chi connectivity index (χ3v) is 3.89. The fourth-order valence-corrected chi connectivity index (χ4v) is 2.95. The molecule has 0 atom stereocenters. The average Bonchev–Trinajstić information content (AvgIpc) is 2.44. The van der Waals surface area contributed by atoms with Gasteiger partial charge in [-0.15, -0.1) is 0 Å². The van der Waals surface area contributed by atoms with Crippen molar-refractivity contribution < 1.29 is 4.79 Å². The smallest absolute Gasteiger partial charge is 0.247 e.